The molecule has 5 nitrogen and oxygen atoms in total. The van der Waals surface area contributed by atoms with Crippen molar-refractivity contribution < 1.29 is 4.79 Å². The van der Waals surface area contributed by atoms with Crippen LogP contribution in [0.25, 0.3) is 0 Å². The van der Waals surface area contributed by atoms with Crippen molar-refractivity contribution in [2.24, 2.45) is 0 Å². The molecule has 3 rings (SSSR count). The van der Waals surface area contributed by atoms with E-state index < -0.39 is 0 Å². The van der Waals surface area contributed by atoms with Crippen LogP contribution in [-0.2, 0) is 4.79 Å². The van der Waals surface area contributed by atoms with Crippen molar-refractivity contribution >= 4 is 17.7 Å². The van der Waals surface area contributed by atoms with E-state index in [0.29, 0.717) is 12.1 Å². The highest BCUT2D eigenvalue weighted by Crippen LogP contribution is 2.33. The van der Waals surface area contributed by atoms with Gasteiger partial charge in [0.05, 0.1) is 5.25 Å². The second kappa shape index (κ2) is 8.37. The van der Waals surface area contributed by atoms with E-state index in [9.17, 15) is 4.79 Å². The molecular formula is C18H30N4OS. The highest BCUT2D eigenvalue weighted by atomic mass is 32.2. The van der Waals surface area contributed by atoms with E-state index in [-0.39, 0.29) is 11.2 Å². The van der Waals surface area contributed by atoms with Gasteiger partial charge in [-0.2, -0.15) is 0 Å². The molecule has 1 unspecified atom stereocenters. The average molecular weight is 351 g/mol. The van der Waals surface area contributed by atoms with Gasteiger partial charge >= 0.3 is 0 Å². The lowest BCUT2D eigenvalue weighted by atomic mass is 9.95. The first-order chi connectivity index (χ1) is 11.6. The van der Waals surface area contributed by atoms with Gasteiger partial charge < -0.3 is 9.88 Å². The molecular weight excluding hydrogens is 320 g/mol. The fourth-order valence-corrected chi connectivity index (χ4v) is 4.94. The number of aromatic nitrogens is 3. The maximum atomic E-state index is 12.5. The van der Waals surface area contributed by atoms with Crippen molar-refractivity contribution in [2.75, 3.05) is 0 Å². The van der Waals surface area contributed by atoms with Gasteiger partial charge in [0.2, 0.25) is 5.91 Å². The van der Waals surface area contributed by atoms with Crippen molar-refractivity contribution in [3.63, 3.8) is 0 Å². The predicted molar refractivity (Wildman–Crippen MR) is 97.2 cm³/mol. The third-order valence-electron chi connectivity index (χ3n) is 5.38. The third-order valence-corrected chi connectivity index (χ3v) is 6.43. The second-order valence-electron chi connectivity index (χ2n) is 7.30. The van der Waals surface area contributed by atoms with Gasteiger partial charge in [0.1, 0.15) is 5.82 Å². The smallest absolute Gasteiger partial charge is 0.233 e. The minimum absolute atomic E-state index is 0.127. The van der Waals surface area contributed by atoms with Crippen LogP contribution in [0, 0.1) is 6.92 Å². The molecule has 2 aliphatic carbocycles. The highest BCUT2D eigenvalue weighted by molar-refractivity contribution is 8.00. The van der Waals surface area contributed by atoms with Crippen LogP contribution in [0.15, 0.2) is 5.16 Å². The quantitative estimate of drug-likeness (QED) is 0.815. The zero-order valence-corrected chi connectivity index (χ0v) is 15.8. The first-order valence-electron chi connectivity index (χ1n) is 9.53. The number of nitrogens with one attached hydrogen (secondary N) is 1. The van der Waals surface area contributed by atoms with Gasteiger partial charge in [-0.1, -0.05) is 50.3 Å². The summed E-state index contributed by atoms with van der Waals surface area (Å²) >= 11 is 1.56. The summed E-state index contributed by atoms with van der Waals surface area (Å²) in [5, 5.41) is 12.6. The van der Waals surface area contributed by atoms with Crippen LogP contribution < -0.4 is 5.32 Å². The van der Waals surface area contributed by atoms with Gasteiger partial charge in [-0.25, -0.2) is 0 Å². The number of nitrogens with zero attached hydrogens (tertiary/aromatic N) is 3. The zero-order chi connectivity index (χ0) is 16.9. The molecule has 0 saturated heterocycles. The van der Waals surface area contributed by atoms with Crippen LogP contribution in [0.3, 0.4) is 0 Å². The SMILES string of the molecule is Cc1nnc(SC(C)C(=O)NC2CCCCC2)n1C1CCCCC1. The fourth-order valence-electron chi connectivity index (χ4n) is 3.97. The molecule has 24 heavy (non-hydrogen) atoms. The number of amides is 1. The Morgan fingerprint density at radius 2 is 1.71 bits per heavy atom. The summed E-state index contributed by atoms with van der Waals surface area (Å²) in [6.07, 6.45) is 12.3. The molecule has 1 aromatic heterocycles. The topological polar surface area (TPSA) is 59.8 Å². The van der Waals surface area contributed by atoms with Crippen LogP contribution in [0.1, 0.15) is 83.0 Å². The molecule has 2 aliphatic rings. The monoisotopic (exact) mass is 350 g/mol. The Balaban J connectivity index is 1.61. The van der Waals surface area contributed by atoms with E-state index in [0.717, 1.165) is 23.8 Å². The molecule has 1 aromatic rings. The molecule has 0 spiro atoms. The van der Waals surface area contributed by atoms with E-state index in [2.05, 4.69) is 20.1 Å². The molecule has 1 atom stereocenters. The Kier molecular flexibility index (Phi) is 6.19. The Hall–Kier alpha value is -1.04. The van der Waals surface area contributed by atoms with E-state index in [1.165, 1.54) is 51.4 Å². The van der Waals surface area contributed by atoms with E-state index in [1.807, 2.05) is 13.8 Å². The molecule has 2 fully saturated rings. The molecule has 2 saturated carbocycles. The van der Waals surface area contributed by atoms with Crippen LogP contribution in [0.2, 0.25) is 0 Å². The van der Waals surface area contributed by atoms with Crippen molar-refractivity contribution in [3.05, 3.63) is 5.82 Å². The Morgan fingerprint density at radius 3 is 2.38 bits per heavy atom. The molecule has 6 heteroatoms. The standard InChI is InChI=1S/C18H30N4OS/c1-13(17(23)19-15-9-5-3-6-10-15)24-18-21-20-14(2)22(18)16-11-7-4-8-12-16/h13,15-16H,3-12H2,1-2H3,(H,19,23). The van der Waals surface area contributed by atoms with Gasteiger partial charge in [0.25, 0.3) is 0 Å². The summed E-state index contributed by atoms with van der Waals surface area (Å²) in [5.74, 6) is 1.12. The molecule has 1 N–H and O–H groups in total. The van der Waals surface area contributed by atoms with E-state index >= 15 is 0 Å². The van der Waals surface area contributed by atoms with Gasteiger partial charge in [0.15, 0.2) is 5.16 Å². The van der Waals surface area contributed by atoms with Crippen molar-refractivity contribution in [1.82, 2.24) is 20.1 Å². The maximum Gasteiger partial charge on any atom is 0.233 e. The lowest BCUT2D eigenvalue weighted by Gasteiger charge is -2.26. The van der Waals surface area contributed by atoms with Gasteiger partial charge in [0, 0.05) is 12.1 Å². The van der Waals surface area contributed by atoms with Gasteiger partial charge in [-0.15, -0.1) is 10.2 Å². The number of carbonyl (C=O) groups excluding carboxylic acids is 1. The van der Waals surface area contributed by atoms with E-state index in [1.54, 1.807) is 11.8 Å². The molecule has 1 amide bonds. The molecule has 0 bridgehead atoms. The maximum absolute atomic E-state index is 12.5. The van der Waals surface area contributed by atoms with Gasteiger partial charge in [-0.3, -0.25) is 4.79 Å². The van der Waals surface area contributed by atoms with Crippen molar-refractivity contribution in [2.45, 2.75) is 101 Å². The van der Waals surface area contributed by atoms with Crippen LogP contribution in [0.5, 0.6) is 0 Å². The zero-order valence-electron chi connectivity index (χ0n) is 15.0. The second-order valence-corrected chi connectivity index (χ2v) is 8.60. The number of hydrogen-bond donors (Lipinski definition) is 1. The minimum Gasteiger partial charge on any atom is -0.352 e. The minimum atomic E-state index is -0.127. The van der Waals surface area contributed by atoms with Crippen LogP contribution in [-0.4, -0.2) is 32.0 Å². The Bertz CT molecular complexity index is 547. The molecule has 1 heterocycles. The first-order valence-corrected chi connectivity index (χ1v) is 10.4. The van der Waals surface area contributed by atoms with E-state index in [4.69, 9.17) is 0 Å². The summed E-state index contributed by atoms with van der Waals surface area (Å²) in [4.78, 5) is 12.5. The number of thioether (sulfide) groups is 1. The van der Waals surface area contributed by atoms with Crippen molar-refractivity contribution in [1.29, 1.82) is 0 Å². The first kappa shape index (κ1) is 17.8. The number of hydrogen-bond acceptors (Lipinski definition) is 4. The summed E-state index contributed by atoms with van der Waals surface area (Å²) < 4.78 is 2.27. The summed E-state index contributed by atoms with van der Waals surface area (Å²) in [5.41, 5.74) is 0. The fraction of sp³-hybridized carbons (Fsp3) is 0.833. The average Bonchev–Trinajstić information content (AvgIpc) is 2.97. The Labute approximate surface area is 149 Å². The van der Waals surface area contributed by atoms with Crippen LogP contribution in [0.4, 0.5) is 0 Å². The predicted octanol–water partition coefficient (Wildman–Crippen LogP) is 4.02. The number of aryl methyl sites for hydroxylation is 1. The normalized spacial score (nSPS) is 21.6. The largest absolute Gasteiger partial charge is 0.352 e. The molecule has 0 aliphatic heterocycles. The lowest BCUT2D eigenvalue weighted by molar-refractivity contribution is -0.121. The number of rotatable bonds is 5. The summed E-state index contributed by atoms with van der Waals surface area (Å²) in [6, 6.07) is 0.872. The van der Waals surface area contributed by atoms with Crippen LogP contribution >= 0.6 is 11.8 Å². The summed E-state index contributed by atoms with van der Waals surface area (Å²) in [6.45, 7) is 4.01. The Morgan fingerprint density at radius 1 is 1.08 bits per heavy atom. The summed E-state index contributed by atoms with van der Waals surface area (Å²) in [7, 11) is 0. The lowest BCUT2D eigenvalue weighted by Crippen LogP contribution is -2.40. The van der Waals surface area contributed by atoms with Crippen molar-refractivity contribution in [3.8, 4) is 0 Å². The molecule has 134 valence electrons. The van der Waals surface area contributed by atoms with Gasteiger partial charge in [-0.05, 0) is 39.5 Å². The molecule has 0 radical (unpaired) electrons. The number of carbonyl (C=O) groups is 1. The molecule has 0 aromatic carbocycles. The highest BCUT2D eigenvalue weighted by Gasteiger charge is 2.25. The third kappa shape index (κ3) is 4.32.